The summed E-state index contributed by atoms with van der Waals surface area (Å²) in [6, 6.07) is 4.12. The Labute approximate surface area is 228 Å². The minimum Gasteiger partial charge on any atom is -0.343 e. The van der Waals surface area contributed by atoms with E-state index in [0.29, 0.717) is 36.4 Å². The minimum absolute atomic E-state index is 0. The van der Waals surface area contributed by atoms with E-state index in [1.807, 2.05) is 12.4 Å². The molecule has 0 fully saturated rings. The number of pyridine rings is 2. The second-order valence-corrected chi connectivity index (χ2v) is 7.64. The predicted molar refractivity (Wildman–Crippen MR) is 103 cm³/mol. The van der Waals surface area contributed by atoms with Gasteiger partial charge in [0, 0.05) is 0 Å². The van der Waals surface area contributed by atoms with Gasteiger partial charge in [-0.1, -0.05) is 36.7 Å². The zero-order valence-electron chi connectivity index (χ0n) is 18.7. The average molecular weight is 767 g/mol. The van der Waals surface area contributed by atoms with Crippen molar-refractivity contribution in [1.82, 2.24) is 29.5 Å². The monoisotopic (exact) mass is 767 g/mol. The van der Waals surface area contributed by atoms with Gasteiger partial charge in [-0.15, -0.1) is 12.1 Å². The molecule has 0 unspecified atom stereocenters. The fraction of sp³-hybridized carbons (Fsp3) is 0.238. The molecule has 4 rings (SSSR count). The van der Waals surface area contributed by atoms with Crippen LogP contribution in [0.2, 0.25) is 0 Å². The fourth-order valence-corrected chi connectivity index (χ4v) is 3.46. The first-order valence-corrected chi connectivity index (χ1v) is 10.0. The molecule has 0 bridgehead atoms. The van der Waals surface area contributed by atoms with Crippen molar-refractivity contribution in [3.05, 3.63) is 83.7 Å². The fourth-order valence-electron chi connectivity index (χ4n) is 3.46. The van der Waals surface area contributed by atoms with E-state index in [4.69, 9.17) is 0 Å². The molecular weight excluding hydrogens is 759 g/mol. The normalized spacial score (nSPS) is 13.3. The molecule has 216 valence electrons. The van der Waals surface area contributed by atoms with Crippen LogP contribution in [0.5, 0.6) is 0 Å². The summed E-state index contributed by atoms with van der Waals surface area (Å²) in [4.78, 5) is 6.60. The van der Waals surface area contributed by atoms with Crippen LogP contribution in [0.3, 0.4) is 0 Å². The Kier molecular flexibility index (Phi) is 7.93. The summed E-state index contributed by atoms with van der Waals surface area (Å²) in [5.74, 6) is -1.76. The third kappa shape index (κ3) is 5.45. The Morgan fingerprint density at radius 1 is 0.525 bits per heavy atom. The van der Waals surface area contributed by atoms with E-state index in [1.165, 1.54) is 0 Å². The third-order valence-electron chi connectivity index (χ3n) is 5.17. The van der Waals surface area contributed by atoms with Crippen molar-refractivity contribution in [2.45, 2.75) is 30.1 Å². The van der Waals surface area contributed by atoms with Crippen LogP contribution in [-0.2, 0) is 38.8 Å². The van der Waals surface area contributed by atoms with Crippen molar-refractivity contribution < 1.29 is 73.8 Å². The van der Waals surface area contributed by atoms with Gasteiger partial charge in [0.15, 0.2) is 0 Å². The summed E-state index contributed by atoms with van der Waals surface area (Å²) in [6.07, 6.45) is -18.6. The molecule has 0 N–H and O–H groups in total. The number of alkyl halides is 12. The van der Waals surface area contributed by atoms with Gasteiger partial charge >= 0.3 is 45.8 Å². The van der Waals surface area contributed by atoms with Crippen LogP contribution in [-0.4, -0.2) is 41.9 Å². The molecule has 4 aromatic rings. The van der Waals surface area contributed by atoms with Gasteiger partial charge in [-0.3, -0.25) is 20.2 Å². The molecule has 0 saturated heterocycles. The molecule has 40 heavy (non-hydrogen) atoms. The van der Waals surface area contributed by atoms with Gasteiger partial charge in [0.1, 0.15) is 0 Å². The van der Waals surface area contributed by atoms with Gasteiger partial charge in [-0.05, 0) is 12.1 Å². The van der Waals surface area contributed by atoms with Crippen molar-refractivity contribution >= 4 is 0 Å². The summed E-state index contributed by atoms with van der Waals surface area (Å²) in [5.41, 5.74) is -11.6. The molecule has 19 heteroatoms. The van der Waals surface area contributed by atoms with Crippen molar-refractivity contribution in [2.24, 2.45) is 0 Å². The number of hydrogen-bond acceptors (Lipinski definition) is 4. The van der Waals surface area contributed by atoms with Crippen LogP contribution in [0.1, 0.15) is 22.8 Å². The average Bonchev–Trinajstić information content (AvgIpc) is 3.48. The topological polar surface area (TPSA) is 61.4 Å². The molecule has 4 heterocycles. The summed E-state index contributed by atoms with van der Waals surface area (Å²) >= 11 is 0. The summed E-state index contributed by atoms with van der Waals surface area (Å²) in [6.45, 7) is 0. The molecule has 0 aliphatic carbocycles. The summed E-state index contributed by atoms with van der Waals surface area (Å²) in [7, 11) is 0. The van der Waals surface area contributed by atoms with E-state index >= 15 is 0 Å². The minimum atomic E-state index is -6.22. The number of halogens is 12. The van der Waals surface area contributed by atoms with Crippen LogP contribution in [0.25, 0.3) is 11.6 Å². The van der Waals surface area contributed by atoms with Crippen LogP contribution >= 0.6 is 0 Å². The van der Waals surface area contributed by atoms with Crippen molar-refractivity contribution in [3.63, 3.8) is 0 Å². The maximum atomic E-state index is 14.5. The molecule has 0 atom stereocenters. The molecule has 0 aromatic carbocycles. The second-order valence-electron chi connectivity index (χ2n) is 7.64. The van der Waals surface area contributed by atoms with Crippen LogP contribution in [0.4, 0.5) is 52.7 Å². The second kappa shape index (κ2) is 10.2. The Balaban J connectivity index is 0.00000441. The van der Waals surface area contributed by atoms with Gasteiger partial charge in [0.05, 0.1) is 34.4 Å². The maximum Gasteiger partial charge on any atom is 2.00 e. The van der Waals surface area contributed by atoms with Crippen molar-refractivity contribution in [1.29, 1.82) is 0 Å². The Morgan fingerprint density at radius 3 is 1.15 bits per heavy atom. The molecule has 0 aliphatic heterocycles. The van der Waals surface area contributed by atoms with E-state index in [9.17, 15) is 52.7 Å². The number of nitrogens with zero attached hydrogens (tertiary/aromatic N) is 6. The van der Waals surface area contributed by atoms with E-state index in [2.05, 4.69) is 20.2 Å². The first-order chi connectivity index (χ1) is 17.9. The molecule has 0 saturated carbocycles. The van der Waals surface area contributed by atoms with Gasteiger partial charge in [0.2, 0.25) is 5.41 Å². The van der Waals surface area contributed by atoms with Crippen LogP contribution in [0, 0.1) is 12.4 Å². The molecule has 0 amide bonds. The largest absolute Gasteiger partial charge is 2.00 e. The summed E-state index contributed by atoms with van der Waals surface area (Å²) in [5, 5.41) is 6.07. The zero-order valence-corrected chi connectivity index (χ0v) is 20.9. The smallest absolute Gasteiger partial charge is 0.343 e. The molecule has 0 aliphatic rings. The van der Waals surface area contributed by atoms with E-state index < -0.39 is 64.5 Å². The molecule has 0 spiro atoms. The zero-order chi connectivity index (χ0) is 29.0. The van der Waals surface area contributed by atoms with Gasteiger partial charge in [0.25, 0.3) is 0 Å². The molecule has 6 nitrogen and oxygen atoms in total. The van der Waals surface area contributed by atoms with Crippen molar-refractivity contribution in [3.8, 4) is 11.6 Å². The Hall–Kier alpha value is -3.43. The van der Waals surface area contributed by atoms with Gasteiger partial charge in [-0.2, -0.15) is 52.7 Å². The first kappa shape index (κ1) is 31.1. The molecule has 0 radical (unpaired) electrons. The number of rotatable bonds is 4. The first-order valence-electron chi connectivity index (χ1n) is 10.0. The Morgan fingerprint density at radius 2 is 0.875 bits per heavy atom. The summed E-state index contributed by atoms with van der Waals surface area (Å²) < 4.78 is 164. The molecule has 4 aromatic heterocycles. The third-order valence-corrected chi connectivity index (χ3v) is 5.17. The van der Waals surface area contributed by atoms with Crippen LogP contribution < -0.4 is 0 Å². The maximum absolute atomic E-state index is 14.5. The molecular formula is C21H8F12N6Pt. The standard InChI is InChI=1S/C21H8F12N6.Pt/c22-18(23,24)13-7-9-38(36-13)15-5-1-3-11(34-15)17(20(28,29)30,21(31,32)33)12-4-2-6-16(35-12)39-10-8-14(37-39)19(25,26)27;/h1-8H;/q-2;+2. The number of aromatic nitrogens is 6. The Bertz CT molecular complexity index is 1370. The quantitative estimate of drug-likeness (QED) is 0.192. The van der Waals surface area contributed by atoms with Gasteiger partial charge < -0.3 is 9.36 Å². The van der Waals surface area contributed by atoms with E-state index in [1.54, 1.807) is 0 Å². The van der Waals surface area contributed by atoms with Crippen molar-refractivity contribution in [2.75, 3.05) is 0 Å². The van der Waals surface area contributed by atoms with Crippen LogP contribution in [0.15, 0.2) is 48.5 Å². The van der Waals surface area contributed by atoms with E-state index in [-0.39, 0.29) is 30.4 Å². The predicted octanol–water partition coefficient (Wildman–Crippen LogP) is 5.89. The van der Waals surface area contributed by atoms with E-state index in [0.717, 1.165) is 12.1 Å². The SMILES string of the molecule is FC(F)(F)c1c[c-]n(-c2cccc(C(c3cccc(-n4[c-]cc(C(F)(F)F)n4)n3)(C(F)(F)F)C(F)(F)F)n2)n1.[Pt+2]. The van der Waals surface area contributed by atoms with Gasteiger partial charge in [-0.25, -0.2) is 0 Å². The number of hydrogen-bond donors (Lipinski definition) is 0.